The van der Waals surface area contributed by atoms with E-state index in [2.05, 4.69) is 21.9 Å². The van der Waals surface area contributed by atoms with E-state index in [4.69, 9.17) is 24.2 Å². The van der Waals surface area contributed by atoms with Crippen molar-refractivity contribution in [2.24, 2.45) is 0 Å². The molecule has 0 amide bonds. The molecule has 0 saturated carbocycles. The number of hydrogen-bond acceptors (Lipinski definition) is 8. The van der Waals surface area contributed by atoms with Crippen LogP contribution in [-0.2, 0) is 17.8 Å². The number of hydrogen-bond donors (Lipinski definition) is 1. The van der Waals surface area contributed by atoms with Gasteiger partial charge in [-0.3, -0.25) is 0 Å². The second kappa shape index (κ2) is 10.9. The Labute approximate surface area is 206 Å². The second-order valence-corrected chi connectivity index (χ2v) is 8.91. The normalized spacial score (nSPS) is 20.2. The molecule has 0 radical (unpaired) electrons. The van der Waals surface area contributed by atoms with Gasteiger partial charge in [0.25, 0.3) is 0 Å². The van der Waals surface area contributed by atoms with Gasteiger partial charge in [-0.1, -0.05) is 42.5 Å². The Hall–Kier alpha value is -3.36. The average molecular weight is 477 g/mol. The van der Waals surface area contributed by atoms with Crippen LogP contribution in [-0.4, -0.2) is 67.2 Å². The Morgan fingerprint density at radius 1 is 0.971 bits per heavy atom. The Bertz CT molecular complexity index is 1090. The van der Waals surface area contributed by atoms with Gasteiger partial charge in [0.2, 0.25) is 11.8 Å². The smallest absolute Gasteiger partial charge is 0.230 e. The van der Waals surface area contributed by atoms with Crippen LogP contribution >= 0.6 is 0 Å². The third kappa shape index (κ3) is 5.66. The van der Waals surface area contributed by atoms with Gasteiger partial charge < -0.3 is 29.1 Å². The minimum Gasteiger partial charge on any atom is -0.497 e. The molecular formula is C27H32N4O4. The maximum Gasteiger partial charge on any atom is 0.230 e. The number of methoxy groups -OCH3 is 1. The number of morpholine rings is 1. The quantitative estimate of drug-likeness (QED) is 0.531. The number of anilines is 2. The van der Waals surface area contributed by atoms with E-state index in [-0.39, 0.29) is 6.04 Å². The van der Waals surface area contributed by atoms with E-state index in [0.717, 1.165) is 36.6 Å². The Morgan fingerprint density at radius 3 is 2.49 bits per heavy atom. The van der Waals surface area contributed by atoms with Gasteiger partial charge in [0, 0.05) is 25.7 Å². The molecule has 8 nitrogen and oxygen atoms in total. The first-order valence-corrected chi connectivity index (χ1v) is 12.2. The van der Waals surface area contributed by atoms with Crippen molar-refractivity contribution in [3.63, 3.8) is 0 Å². The largest absolute Gasteiger partial charge is 0.497 e. The molecule has 35 heavy (non-hydrogen) atoms. The zero-order chi connectivity index (χ0) is 24.0. The Kier molecular flexibility index (Phi) is 7.30. The van der Waals surface area contributed by atoms with Gasteiger partial charge in [0.1, 0.15) is 18.2 Å². The molecule has 0 aliphatic carbocycles. The zero-order valence-electron chi connectivity index (χ0n) is 20.0. The van der Waals surface area contributed by atoms with Gasteiger partial charge in [0.05, 0.1) is 32.5 Å². The highest BCUT2D eigenvalue weighted by atomic mass is 16.5. The SMILES string of the molecule is COc1ccc(COc2cc(N3CCOCC3)nc(N3CC[C@@H](O)C3Cc3ccccc3)n2)cc1. The van der Waals surface area contributed by atoms with Crippen molar-refractivity contribution in [1.29, 1.82) is 0 Å². The topological polar surface area (TPSA) is 80.2 Å². The summed E-state index contributed by atoms with van der Waals surface area (Å²) in [5.41, 5.74) is 2.21. The molecule has 8 heteroatoms. The van der Waals surface area contributed by atoms with Gasteiger partial charge in [0.15, 0.2) is 0 Å². The van der Waals surface area contributed by atoms with Crippen molar-refractivity contribution in [3.8, 4) is 11.6 Å². The van der Waals surface area contributed by atoms with E-state index in [1.165, 1.54) is 5.56 Å². The highest BCUT2D eigenvalue weighted by molar-refractivity contribution is 5.49. The third-order valence-electron chi connectivity index (χ3n) is 6.61. The average Bonchev–Trinajstić information content (AvgIpc) is 3.28. The lowest BCUT2D eigenvalue weighted by Gasteiger charge is -2.30. The summed E-state index contributed by atoms with van der Waals surface area (Å²) in [4.78, 5) is 14.0. The van der Waals surface area contributed by atoms with Gasteiger partial charge >= 0.3 is 0 Å². The van der Waals surface area contributed by atoms with E-state index in [0.29, 0.717) is 44.6 Å². The Morgan fingerprint density at radius 2 is 1.74 bits per heavy atom. The van der Waals surface area contributed by atoms with Crippen LogP contribution in [0.15, 0.2) is 60.7 Å². The summed E-state index contributed by atoms with van der Waals surface area (Å²) in [6.07, 6.45) is 0.981. The molecule has 0 bridgehead atoms. The Balaban J connectivity index is 1.40. The van der Waals surface area contributed by atoms with E-state index >= 15 is 0 Å². The maximum atomic E-state index is 10.8. The van der Waals surface area contributed by atoms with Gasteiger partial charge in [-0.25, -0.2) is 0 Å². The lowest BCUT2D eigenvalue weighted by Crippen LogP contribution is -2.39. The number of nitrogens with zero attached hydrogens (tertiary/aromatic N) is 4. The monoisotopic (exact) mass is 476 g/mol. The number of ether oxygens (including phenoxy) is 3. The molecule has 3 aromatic rings. The van der Waals surface area contributed by atoms with E-state index in [9.17, 15) is 5.11 Å². The number of aliphatic hydroxyl groups is 1. The molecule has 1 unspecified atom stereocenters. The first-order chi connectivity index (χ1) is 17.2. The fourth-order valence-electron chi connectivity index (χ4n) is 4.62. The van der Waals surface area contributed by atoms with E-state index in [1.54, 1.807) is 7.11 Å². The van der Waals surface area contributed by atoms with Crippen LogP contribution in [0.2, 0.25) is 0 Å². The molecule has 2 aromatic carbocycles. The molecule has 2 saturated heterocycles. The van der Waals surface area contributed by atoms with Crippen molar-refractivity contribution < 1.29 is 19.3 Å². The summed E-state index contributed by atoms with van der Waals surface area (Å²) in [7, 11) is 1.65. The van der Waals surface area contributed by atoms with Crippen LogP contribution in [0.25, 0.3) is 0 Å². The van der Waals surface area contributed by atoms with Crippen molar-refractivity contribution in [1.82, 2.24) is 9.97 Å². The summed E-state index contributed by atoms with van der Waals surface area (Å²) in [5, 5.41) is 10.8. The molecule has 5 rings (SSSR count). The number of benzene rings is 2. The minimum absolute atomic E-state index is 0.0909. The van der Waals surface area contributed by atoms with Crippen molar-refractivity contribution in [2.45, 2.75) is 31.6 Å². The van der Waals surface area contributed by atoms with Crippen LogP contribution in [0.4, 0.5) is 11.8 Å². The van der Waals surface area contributed by atoms with Gasteiger partial charge in [-0.15, -0.1) is 0 Å². The van der Waals surface area contributed by atoms with Crippen molar-refractivity contribution >= 4 is 11.8 Å². The molecule has 1 N–H and O–H groups in total. The van der Waals surface area contributed by atoms with Crippen LogP contribution in [0.5, 0.6) is 11.6 Å². The molecule has 0 spiro atoms. The minimum atomic E-state index is -0.436. The number of aliphatic hydroxyl groups excluding tert-OH is 1. The summed E-state index contributed by atoms with van der Waals surface area (Å²) in [6, 6.07) is 19.9. The summed E-state index contributed by atoms with van der Waals surface area (Å²) in [6.45, 7) is 3.96. The van der Waals surface area contributed by atoms with Gasteiger partial charge in [-0.2, -0.15) is 9.97 Å². The van der Waals surface area contributed by atoms with E-state index < -0.39 is 6.10 Å². The number of rotatable bonds is 8. The molecule has 1 aromatic heterocycles. The fourth-order valence-corrected chi connectivity index (χ4v) is 4.62. The summed E-state index contributed by atoms with van der Waals surface area (Å²) >= 11 is 0. The first kappa shape index (κ1) is 23.4. The molecule has 3 heterocycles. The highest BCUT2D eigenvalue weighted by Gasteiger charge is 2.35. The first-order valence-electron chi connectivity index (χ1n) is 12.2. The van der Waals surface area contributed by atoms with Crippen molar-refractivity contribution in [3.05, 3.63) is 71.8 Å². The van der Waals surface area contributed by atoms with E-state index in [1.807, 2.05) is 48.5 Å². The predicted molar refractivity (Wildman–Crippen MR) is 134 cm³/mol. The summed E-state index contributed by atoms with van der Waals surface area (Å²) < 4.78 is 16.9. The van der Waals surface area contributed by atoms with Crippen LogP contribution < -0.4 is 19.3 Å². The lowest BCUT2D eigenvalue weighted by molar-refractivity contribution is 0.122. The van der Waals surface area contributed by atoms with Crippen LogP contribution in [0.3, 0.4) is 0 Å². The second-order valence-electron chi connectivity index (χ2n) is 8.91. The molecule has 2 atom stereocenters. The number of aromatic nitrogens is 2. The van der Waals surface area contributed by atoms with Crippen LogP contribution in [0, 0.1) is 0 Å². The van der Waals surface area contributed by atoms with Crippen LogP contribution in [0.1, 0.15) is 17.5 Å². The standard InChI is InChI=1S/C27H32N4O4/c1-33-22-9-7-21(8-10-22)19-35-26-18-25(30-13-15-34-16-14-30)28-27(29-26)31-12-11-24(32)23(31)17-20-5-3-2-4-6-20/h2-10,18,23-24,32H,11-17,19H2,1H3/t23?,24-/m1/s1. The molecule has 2 fully saturated rings. The highest BCUT2D eigenvalue weighted by Crippen LogP contribution is 2.30. The molecular weight excluding hydrogens is 444 g/mol. The fraction of sp³-hybridized carbons (Fsp3) is 0.407. The van der Waals surface area contributed by atoms with Gasteiger partial charge in [-0.05, 0) is 36.1 Å². The molecule has 2 aliphatic rings. The summed E-state index contributed by atoms with van der Waals surface area (Å²) in [5.74, 6) is 2.75. The molecule has 2 aliphatic heterocycles. The predicted octanol–water partition coefficient (Wildman–Crippen LogP) is 3.08. The molecule has 184 valence electrons. The van der Waals surface area contributed by atoms with Crippen molar-refractivity contribution in [2.75, 3.05) is 49.8 Å². The zero-order valence-corrected chi connectivity index (χ0v) is 20.0. The maximum absolute atomic E-state index is 10.8. The third-order valence-corrected chi connectivity index (χ3v) is 6.61. The lowest BCUT2D eigenvalue weighted by atomic mass is 10.0.